The van der Waals surface area contributed by atoms with Gasteiger partial charge in [0.15, 0.2) is 0 Å². The van der Waals surface area contributed by atoms with Gasteiger partial charge in [0.2, 0.25) is 0 Å². The van der Waals surface area contributed by atoms with Crippen molar-refractivity contribution in [2.45, 2.75) is 0 Å². The molecule has 6 heavy (non-hydrogen) atoms. The number of ether oxygens (including phenoxy) is 1. The summed E-state index contributed by atoms with van der Waals surface area (Å²) < 4.78 is 4.43. The van der Waals surface area contributed by atoms with Gasteiger partial charge in [-0.15, -0.1) is 12.6 Å². The standard InChI is InChI=1S/C3H5NOS/c1-4-2-5-3-6/h3H2,1H3/p+1. The molecule has 0 saturated carbocycles. The van der Waals surface area contributed by atoms with Crippen molar-refractivity contribution in [3.8, 4) is 6.26 Å². The van der Waals surface area contributed by atoms with Crippen LogP contribution in [0, 0.1) is 6.26 Å². The Morgan fingerprint density at radius 2 is 2.67 bits per heavy atom. The van der Waals surface area contributed by atoms with Crippen molar-refractivity contribution in [3.63, 3.8) is 0 Å². The van der Waals surface area contributed by atoms with Gasteiger partial charge in [-0.05, 0) is 4.85 Å². The minimum Gasteiger partial charge on any atom is -0.382 e. The van der Waals surface area contributed by atoms with Crippen molar-refractivity contribution in [1.29, 1.82) is 0 Å². The second-order valence-electron chi connectivity index (χ2n) is 0.588. The Labute approximate surface area is 42.3 Å². The zero-order chi connectivity index (χ0) is 4.83. The van der Waals surface area contributed by atoms with Crippen LogP contribution in [-0.2, 0) is 4.74 Å². The molecule has 2 nitrogen and oxygen atoms in total. The maximum absolute atomic E-state index is 4.43. The van der Waals surface area contributed by atoms with Crippen LogP contribution in [0.5, 0.6) is 0 Å². The fourth-order valence-corrected chi connectivity index (χ4v) is 0.151. The zero-order valence-electron chi connectivity index (χ0n) is 3.51. The largest absolute Gasteiger partial charge is 0.514 e. The number of nitrogens with zero attached hydrogens (tertiary/aromatic N) is 1. The summed E-state index contributed by atoms with van der Waals surface area (Å²) in [5, 5.41) is 0. The topological polar surface area (TPSA) is 13.6 Å². The van der Waals surface area contributed by atoms with E-state index in [2.05, 4.69) is 28.5 Å². The molecule has 0 atom stereocenters. The molecular weight excluding hydrogens is 98.1 g/mol. The van der Waals surface area contributed by atoms with Gasteiger partial charge in [-0.1, -0.05) is 0 Å². The fraction of sp³-hybridized carbons (Fsp3) is 0.667. The summed E-state index contributed by atoms with van der Waals surface area (Å²) in [4.78, 5) is 3.40. The highest BCUT2D eigenvalue weighted by molar-refractivity contribution is 7.80. The van der Waals surface area contributed by atoms with E-state index in [9.17, 15) is 0 Å². The Bertz CT molecular complexity index is 72.6. The van der Waals surface area contributed by atoms with Crippen LogP contribution in [-0.4, -0.2) is 13.0 Å². The summed E-state index contributed by atoms with van der Waals surface area (Å²) in [6, 6.07) is 0. The van der Waals surface area contributed by atoms with Crippen molar-refractivity contribution in [2.75, 3.05) is 13.0 Å². The molecule has 0 aromatic heterocycles. The maximum atomic E-state index is 4.43. The molecule has 0 radical (unpaired) electrons. The molecule has 0 aliphatic carbocycles. The normalized spacial score (nSPS) is 5.67. The van der Waals surface area contributed by atoms with Gasteiger partial charge in [-0.2, -0.15) is 0 Å². The average Bonchev–Trinajstić information content (AvgIpc) is 1.61. The van der Waals surface area contributed by atoms with E-state index >= 15 is 0 Å². The molecular formula is C3H6NOS+. The summed E-state index contributed by atoms with van der Waals surface area (Å²) in [6.45, 7) is 0. The van der Waals surface area contributed by atoms with E-state index in [1.807, 2.05) is 0 Å². The molecule has 0 saturated heterocycles. The molecule has 0 aromatic carbocycles. The summed E-state index contributed by atoms with van der Waals surface area (Å²) in [5.41, 5.74) is 0. The van der Waals surface area contributed by atoms with Gasteiger partial charge < -0.3 is 4.74 Å². The van der Waals surface area contributed by atoms with Gasteiger partial charge in [0.25, 0.3) is 7.05 Å². The van der Waals surface area contributed by atoms with Crippen molar-refractivity contribution in [3.05, 3.63) is 4.85 Å². The summed E-state index contributed by atoms with van der Waals surface area (Å²) >= 11 is 3.71. The number of hydrogen-bond donors (Lipinski definition) is 1. The predicted molar refractivity (Wildman–Crippen MR) is 28.1 cm³/mol. The summed E-state index contributed by atoms with van der Waals surface area (Å²) in [5.74, 6) is 0.345. The first-order valence-corrected chi connectivity index (χ1v) is 2.11. The zero-order valence-corrected chi connectivity index (χ0v) is 4.40. The Morgan fingerprint density at radius 1 is 2.00 bits per heavy atom. The number of rotatable bonds is 1. The van der Waals surface area contributed by atoms with Crippen LogP contribution in [0.3, 0.4) is 0 Å². The summed E-state index contributed by atoms with van der Waals surface area (Å²) in [6.07, 6.45) is 2.25. The molecule has 0 aliphatic heterocycles. The lowest BCUT2D eigenvalue weighted by Crippen LogP contribution is -1.70. The van der Waals surface area contributed by atoms with Crippen LogP contribution >= 0.6 is 12.6 Å². The molecule has 0 aromatic rings. The molecule has 0 heterocycles. The molecule has 0 spiro atoms. The van der Waals surface area contributed by atoms with Gasteiger partial charge in [-0.3, -0.25) is 0 Å². The molecule has 34 valence electrons. The van der Waals surface area contributed by atoms with Crippen molar-refractivity contribution >= 4 is 12.6 Å². The second kappa shape index (κ2) is 4.64. The molecule has 0 amide bonds. The lowest BCUT2D eigenvalue weighted by Gasteiger charge is -1.71. The molecule has 0 bridgehead atoms. The summed E-state index contributed by atoms with van der Waals surface area (Å²) in [7, 11) is 1.59. The van der Waals surface area contributed by atoms with Gasteiger partial charge in [0.1, 0.15) is 5.94 Å². The molecule has 0 aliphatic rings. The van der Waals surface area contributed by atoms with Crippen LogP contribution in [0.15, 0.2) is 0 Å². The lowest BCUT2D eigenvalue weighted by molar-refractivity contribution is 0.350. The fourth-order valence-electron chi connectivity index (χ4n) is 0.0934. The van der Waals surface area contributed by atoms with Gasteiger partial charge >= 0.3 is 6.26 Å². The number of hydrogen-bond acceptors (Lipinski definition) is 2. The van der Waals surface area contributed by atoms with Crippen molar-refractivity contribution in [2.24, 2.45) is 0 Å². The van der Waals surface area contributed by atoms with Gasteiger partial charge in [-0.25, -0.2) is 0 Å². The van der Waals surface area contributed by atoms with E-state index in [4.69, 9.17) is 0 Å². The Kier molecular flexibility index (Phi) is 4.36. The minimum absolute atomic E-state index is 0.345. The van der Waals surface area contributed by atoms with Crippen LogP contribution in [0.4, 0.5) is 0 Å². The van der Waals surface area contributed by atoms with E-state index in [0.717, 1.165) is 0 Å². The highest BCUT2D eigenvalue weighted by Crippen LogP contribution is 1.71. The first-order chi connectivity index (χ1) is 2.91. The van der Waals surface area contributed by atoms with E-state index < -0.39 is 0 Å². The molecule has 0 unspecified atom stereocenters. The van der Waals surface area contributed by atoms with Crippen molar-refractivity contribution < 1.29 is 4.74 Å². The molecule has 0 fully saturated rings. The van der Waals surface area contributed by atoms with Gasteiger partial charge in [0.05, 0.1) is 0 Å². The van der Waals surface area contributed by atoms with Crippen LogP contribution < -0.4 is 0 Å². The quantitative estimate of drug-likeness (QED) is 0.295. The second-order valence-corrected chi connectivity index (χ2v) is 0.847. The van der Waals surface area contributed by atoms with E-state index in [0.29, 0.717) is 5.94 Å². The van der Waals surface area contributed by atoms with Crippen LogP contribution in [0.1, 0.15) is 0 Å². The van der Waals surface area contributed by atoms with Crippen LogP contribution in [0.2, 0.25) is 0 Å². The van der Waals surface area contributed by atoms with Crippen molar-refractivity contribution in [1.82, 2.24) is 0 Å². The highest BCUT2D eigenvalue weighted by Gasteiger charge is 1.72. The van der Waals surface area contributed by atoms with Crippen LogP contribution in [0.25, 0.3) is 4.85 Å². The molecule has 0 rings (SSSR count). The SMILES string of the molecule is C[N+]#COCS. The predicted octanol–water partition coefficient (Wildman–Crippen LogP) is 0.810. The van der Waals surface area contributed by atoms with E-state index in [1.54, 1.807) is 7.05 Å². The smallest absolute Gasteiger partial charge is 0.382 e. The average molecular weight is 104 g/mol. The Hall–Kier alpha value is -0.360. The Morgan fingerprint density at radius 3 is 2.83 bits per heavy atom. The minimum atomic E-state index is 0.345. The Balaban J connectivity index is 2.79. The first kappa shape index (κ1) is 5.64. The number of thiol groups is 1. The maximum Gasteiger partial charge on any atom is 0.514 e. The lowest BCUT2D eigenvalue weighted by atomic mass is 11.4. The monoisotopic (exact) mass is 104 g/mol. The first-order valence-electron chi connectivity index (χ1n) is 1.48. The molecule has 0 N–H and O–H groups in total. The molecule has 3 heteroatoms. The highest BCUT2D eigenvalue weighted by atomic mass is 32.1. The van der Waals surface area contributed by atoms with E-state index in [-0.39, 0.29) is 0 Å². The van der Waals surface area contributed by atoms with Gasteiger partial charge in [0, 0.05) is 0 Å². The third-order valence-corrected chi connectivity index (χ3v) is 0.349. The van der Waals surface area contributed by atoms with E-state index in [1.165, 1.54) is 0 Å². The third kappa shape index (κ3) is 3.64. The third-order valence-electron chi connectivity index (χ3n) is 0.220.